The molecule has 0 unspecified atom stereocenters. The first-order valence-corrected chi connectivity index (χ1v) is 6.90. The zero-order chi connectivity index (χ0) is 14.8. The molecule has 3 rings (SSSR count). The summed E-state index contributed by atoms with van der Waals surface area (Å²) < 4.78 is 19.9. The van der Waals surface area contributed by atoms with Crippen molar-refractivity contribution in [2.75, 3.05) is 18.0 Å². The second kappa shape index (κ2) is 5.69. The van der Waals surface area contributed by atoms with Crippen molar-refractivity contribution in [3.8, 4) is 5.75 Å². The molecular formula is C16H17FN2O2. The monoisotopic (exact) mass is 288 g/mol. The summed E-state index contributed by atoms with van der Waals surface area (Å²) in [6.45, 7) is 2.88. The van der Waals surface area contributed by atoms with Gasteiger partial charge in [0.1, 0.15) is 11.9 Å². The Morgan fingerprint density at radius 1 is 1.33 bits per heavy atom. The Hall–Kier alpha value is -2.14. The van der Waals surface area contributed by atoms with E-state index in [2.05, 4.69) is 4.98 Å². The first-order chi connectivity index (χ1) is 10.2. The number of pyridine rings is 1. The first-order valence-electron chi connectivity index (χ1n) is 6.90. The molecule has 0 aliphatic carbocycles. The van der Waals surface area contributed by atoms with E-state index < -0.39 is 0 Å². The van der Waals surface area contributed by atoms with Gasteiger partial charge in [0.05, 0.1) is 31.6 Å². The van der Waals surface area contributed by atoms with Crippen molar-refractivity contribution in [2.45, 2.75) is 19.6 Å². The van der Waals surface area contributed by atoms with Gasteiger partial charge in [0.15, 0.2) is 5.82 Å². The van der Waals surface area contributed by atoms with Gasteiger partial charge in [-0.25, -0.2) is 4.39 Å². The molecule has 1 fully saturated rings. The van der Waals surface area contributed by atoms with Crippen LogP contribution >= 0.6 is 0 Å². The average Bonchev–Trinajstić information content (AvgIpc) is 2.45. The number of halogens is 1. The molecule has 4 nitrogen and oxygen atoms in total. The lowest BCUT2D eigenvalue weighted by Gasteiger charge is -2.40. The Labute approximate surface area is 122 Å². The maximum atomic E-state index is 14.1. The van der Waals surface area contributed by atoms with Crippen LogP contribution in [0.15, 0.2) is 36.5 Å². The van der Waals surface area contributed by atoms with Crippen LogP contribution < -0.4 is 9.64 Å². The van der Waals surface area contributed by atoms with Gasteiger partial charge in [-0.15, -0.1) is 0 Å². The summed E-state index contributed by atoms with van der Waals surface area (Å²) in [5, 5.41) is 9.09. The van der Waals surface area contributed by atoms with Gasteiger partial charge in [0, 0.05) is 11.3 Å². The maximum Gasteiger partial charge on any atom is 0.151 e. The SMILES string of the molecule is Cc1ccc(OC2CN(c3cccc(CO)c3F)C2)cn1. The molecule has 1 N–H and O–H groups in total. The Balaban J connectivity index is 1.62. The van der Waals surface area contributed by atoms with Gasteiger partial charge < -0.3 is 14.7 Å². The minimum Gasteiger partial charge on any atom is -0.485 e. The van der Waals surface area contributed by atoms with Gasteiger partial charge in [0.25, 0.3) is 0 Å². The van der Waals surface area contributed by atoms with E-state index in [0.717, 1.165) is 11.4 Å². The molecule has 1 aromatic heterocycles. The van der Waals surface area contributed by atoms with E-state index in [4.69, 9.17) is 9.84 Å². The highest BCUT2D eigenvalue weighted by Gasteiger charge is 2.30. The van der Waals surface area contributed by atoms with E-state index in [1.165, 1.54) is 0 Å². The standard InChI is InChI=1S/C16H17FN2O2/c1-11-5-6-13(7-18-11)21-14-8-19(9-14)15-4-2-3-12(10-20)16(15)17/h2-7,14,20H,8-10H2,1H3. The summed E-state index contributed by atoms with van der Waals surface area (Å²) in [6.07, 6.45) is 1.73. The molecule has 1 saturated heterocycles. The number of rotatable bonds is 4. The number of ether oxygens (including phenoxy) is 1. The minimum absolute atomic E-state index is 0.0340. The van der Waals surface area contributed by atoms with Crippen LogP contribution in [0, 0.1) is 12.7 Å². The van der Waals surface area contributed by atoms with Gasteiger partial charge in [-0.3, -0.25) is 4.98 Å². The zero-order valence-corrected chi connectivity index (χ0v) is 11.8. The molecule has 2 aromatic rings. The summed E-state index contributed by atoms with van der Waals surface area (Å²) in [6, 6.07) is 8.85. The Bertz CT molecular complexity index is 625. The number of hydrogen-bond acceptors (Lipinski definition) is 4. The minimum atomic E-state index is -0.351. The van der Waals surface area contributed by atoms with Crippen LogP contribution in [0.25, 0.3) is 0 Å². The van der Waals surface area contributed by atoms with Gasteiger partial charge >= 0.3 is 0 Å². The number of hydrogen-bond donors (Lipinski definition) is 1. The largest absolute Gasteiger partial charge is 0.485 e. The fourth-order valence-corrected chi connectivity index (χ4v) is 2.36. The van der Waals surface area contributed by atoms with E-state index in [1.54, 1.807) is 24.4 Å². The predicted molar refractivity (Wildman–Crippen MR) is 77.9 cm³/mol. The normalized spacial score (nSPS) is 14.9. The third-order valence-corrected chi connectivity index (χ3v) is 3.60. The number of aromatic nitrogens is 1. The van der Waals surface area contributed by atoms with Crippen LogP contribution in [0.5, 0.6) is 5.75 Å². The summed E-state index contributed by atoms with van der Waals surface area (Å²) in [5.41, 5.74) is 1.78. The second-order valence-corrected chi connectivity index (χ2v) is 5.19. The Kier molecular flexibility index (Phi) is 3.75. The maximum absolute atomic E-state index is 14.1. The highest BCUT2D eigenvalue weighted by atomic mass is 19.1. The molecule has 0 atom stereocenters. The number of aliphatic hydroxyl groups excluding tert-OH is 1. The predicted octanol–water partition coefficient (Wildman–Crippen LogP) is 2.29. The molecule has 2 heterocycles. The molecule has 21 heavy (non-hydrogen) atoms. The van der Waals surface area contributed by atoms with Crippen molar-refractivity contribution in [3.05, 3.63) is 53.6 Å². The molecule has 110 valence electrons. The molecule has 0 radical (unpaired) electrons. The van der Waals surface area contributed by atoms with Crippen molar-refractivity contribution in [1.82, 2.24) is 4.98 Å². The van der Waals surface area contributed by atoms with Crippen LogP contribution in [-0.2, 0) is 6.61 Å². The zero-order valence-electron chi connectivity index (χ0n) is 11.8. The fraction of sp³-hybridized carbons (Fsp3) is 0.312. The lowest BCUT2D eigenvalue weighted by Crippen LogP contribution is -2.54. The molecule has 1 aliphatic heterocycles. The van der Waals surface area contributed by atoms with E-state index in [1.807, 2.05) is 24.0 Å². The number of aryl methyl sites for hydroxylation is 1. The Morgan fingerprint density at radius 3 is 2.81 bits per heavy atom. The summed E-state index contributed by atoms with van der Waals surface area (Å²) in [7, 11) is 0. The molecule has 0 amide bonds. The molecule has 1 aliphatic rings. The van der Waals surface area contributed by atoms with Crippen molar-refractivity contribution in [2.24, 2.45) is 0 Å². The number of nitrogens with zero attached hydrogens (tertiary/aromatic N) is 2. The van der Waals surface area contributed by atoms with Crippen molar-refractivity contribution >= 4 is 5.69 Å². The van der Waals surface area contributed by atoms with Crippen LogP contribution in [-0.4, -0.2) is 29.3 Å². The Morgan fingerprint density at radius 2 is 2.14 bits per heavy atom. The number of aliphatic hydroxyl groups is 1. The van der Waals surface area contributed by atoms with Gasteiger partial charge in [-0.05, 0) is 25.1 Å². The average molecular weight is 288 g/mol. The smallest absolute Gasteiger partial charge is 0.151 e. The first kappa shape index (κ1) is 13.8. The van der Waals surface area contributed by atoms with Crippen molar-refractivity contribution < 1.29 is 14.2 Å². The second-order valence-electron chi connectivity index (χ2n) is 5.19. The van der Waals surface area contributed by atoms with E-state index in [-0.39, 0.29) is 18.5 Å². The fourth-order valence-electron chi connectivity index (χ4n) is 2.36. The summed E-state index contributed by atoms with van der Waals surface area (Å²) in [4.78, 5) is 6.08. The quantitative estimate of drug-likeness (QED) is 0.937. The van der Waals surface area contributed by atoms with Gasteiger partial charge in [-0.1, -0.05) is 12.1 Å². The topological polar surface area (TPSA) is 45.6 Å². The highest BCUT2D eigenvalue weighted by Crippen LogP contribution is 2.28. The molecular weight excluding hydrogens is 271 g/mol. The van der Waals surface area contributed by atoms with E-state index in [9.17, 15) is 4.39 Å². The molecule has 0 saturated carbocycles. The lowest BCUT2D eigenvalue weighted by atomic mass is 10.1. The van der Waals surface area contributed by atoms with Gasteiger partial charge in [0.2, 0.25) is 0 Å². The lowest BCUT2D eigenvalue weighted by molar-refractivity contribution is 0.166. The van der Waals surface area contributed by atoms with Crippen LogP contribution in [0.1, 0.15) is 11.3 Å². The molecule has 5 heteroatoms. The summed E-state index contributed by atoms with van der Waals surface area (Å²) in [5.74, 6) is 0.380. The third-order valence-electron chi connectivity index (χ3n) is 3.60. The van der Waals surface area contributed by atoms with E-state index >= 15 is 0 Å². The van der Waals surface area contributed by atoms with Crippen LogP contribution in [0.3, 0.4) is 0 Å². The number of benzene rings is 1. The van der Waals surface area contributed by atoms with E-state index in [0.29, 0.717) is 24.3 Å². The van der Waals surface area contributed by atoms with Crippen LogP contribution in [0.2, 0.25) is 0 Å². The van der Waals surface area contributed by atoms with Gasteiger partial charge in [-0.2, -0.15) is 0 Å². The van der Waals surface area contributed by atoms with Crippen molar-refractivity contribution in [3.63, 3.8) is 0 Å². The molecule has 1 aromatic carbocycles. The van der Waals surface area contributed by atoms with Crippen LogP contribution in [0.4, 0.5) is 10.1 Å². The summed E-state index contributed by atoms with van der Waals surface area (Å²) >= 11 is 0. The highest BCUT2D eigenvalue weighted by molar-refractivity contribution is 5.52. The third kappa shape index (κ3) is 2.83. The molecule has 0 bridgehead atoms. The molecule has 0 spiro atoms. The van der Waals surface area contributed by atoms with Crippen molar-refractivity contribution in [1.29, 1.82) is 0 Å². The number of anilines is 1.